The summed E-state index contributed by atoms with van der Waals surface area (Å²) < 4.78 is 36.4. The molecule has 0 saturated carbocycles. The van der Waals surface area contributed by atoms with E-state index in [2.05, 4.69) is 5.32 Å². The highest BCUT2D eigenvalue weighted by molar-refractivity contribution is 8.14. The fourth-order valence-corrected chi connectivity index (χ4v) is 3.74. The van der Waals surface area contributed by atoms with Crippen LogP contribution in [0.1, 0.15) is 30.6 Å². The van der Waals surface area contributed by atoms with Gasteiger partial charge >= 0.3 is 0 Å². The molecule has 0 fully saturated rings. The first kappa shape index (κ1) is 17.5. The minimum atomic E-state index is -4.39. The maximum atomic E-state index is 13.6. The van der Waals surface area contributed by atoms with Crippen LogP contribution in [-0.4, -0.2) is 20.4 Å². The van der Waals surface area contributed by atoms with E-state index >= 15 is 0 Å². The monoisotopic (exact) mass is 361 g/mol. The summed E-state index contributed by atoms with van der Waals surface area (Å²) in [6, 6.07) is 0.585. The van der Waals surface area contributed by atoms with Crippen molar-refractivity contribution in [1.82, 2.24) is 5.32 Å². The summed E-state index contributed by atoms with van der Waals surface area (Å²) in [4.78, 5) is 11.1. The van der Waals surface area contributed by atoms with Gasteiger partial charge in [0.2, 0.25) is 0 Å². The summed E-state index contributed by atoms with van der Waals surface area (Å²) in [7, 11) is 0.767. The zero-order valence-corrected chi connectivity index (χ0v) is 13.6. The van der Waals surface area contributed by atoms with Crippen molar-refractivity contribution in [3.63, 3.8) is 0 Å². The van der Waals surface area contributed by atoms with Gasteiger partial charge in [0.1, 0.15) is 10.7 Å². The van der Waals surface area contributed by atoms with Gasteiger partial charge in [0.25, 0.3) is 15.0 Å². The van der Waals surface area contributed by atoms with E-state index in [1.165, 1.54) is 0 Å². The van der Waals surface area contributed by atoms with Gasteiger partial charge in [0.05, 0.1) is 15.6 Å². The van der Waals surface area contributed by atoms with E-state index in [0.717, 1.165) is 6.07 Å². The van der Waals surface area contributed by atoms with Crippen molar-refractivity contribution in [3.8, 4) is 0 Å². The molecule has 1 aromatic rings. The highest BCUT2D eigenvalue weighted by Gasteiger charge is 2.27. The lowest BCUT2D eigenvalue weighted by atomic mass is 10.1. The van der Waals surface area contributed by atoms with Gasteiger partial charge in [-0.15, -0.1) is 0 Å². The van der Waals surface area contributed by atoms with Gasteiger partial charge in [-0.05, 0) is 19.4 Å². The van der Waals surface area contributed by atoms with Crippen molar-refractivity contribution < 1.29 is 17.6 Å². The molecule has 0 aliphatic rings. The Morgan fingerprint density at radius 2 is 1.95 bits per heavy atom. The SMILES string of the molecule is CCC(C)NC(=O)c1cc(F)c(Cl)c(S(=O)(=O)Cl)c1Cl. The summed E-state index contributed by atoms with van der Waals surface area (Å²) >= 11 is 11.4. The first-order valence-corrected chi connectivity index (χ1v) is 8.59. The Hall–Kier alpha value is -0.560. The molecule has 0 saturated heterocycles. The Morgan fingerprint density at radius 1 is 1.40 bits per heavy atom. The predicted molar refractivity (Wildman–Crippen MR) is 76.7 cm³/mol. The van der Waals surface area contributed by atoms with E-state index in [9.17, 15) is 17.6 Å². The van der Waals surface area contributed by atoms with E-state index in [-0.39, 0.29) is 11.6 Å². The molecule has 20 heavy (non-hydrogen) atoms. The lowest BCUT2D eigenvalue weighted by Crippen LogP contribution is -2.32. The maximum absolute atomic E-state index is 13.6. The fraction of sp³-hybridized carbons (Fsp3) is 0.364. The summed E-state index contributed by atoms with van der Waals surface area (Å²) in [6.45, 7) is 3.57. The van der Waals surface area contributed by atoms with Crippen LogP contribution in [0.15, 0.2) is 11.0 Å². The molecule has 1 rings (SSSR count). The average molecular weight is 363 g/mol. The topological polar surface area (TPSA) is 63.2 Å². The van der Waals surface area contributed by atoms with Gasteiger partial charge in [0.15, 0.2) is 0 Å². The Labute approximate surface area is 130 Å². The third-order valence-electron chi connectivity index (χ3n) is 2.59. The maximum Gasteiger partial charge on any atom is 0.264 e. The molecule has 112 valence electrons. The zero-order valence-electron chi connectivity index (χ0n) is 10.5. The predicted octanol–water partition coefficient (Wildman–Crippen LogP) is 3.59. The molecule has 0 radical (unpaired) electrons. The van der Waals surface area contributed by atoms with Gasteiger partial charge in [-0.2, -0.15) is 0 Å². The number of halogens is 4. The van der Waals surface area contributed by atoms with Crippen LogP contribution in [0.3, 0.4) is 0 Å². The molecule has 0 bridgehead atoms. The van der Waals surface area contributed by atoms with E-state index in [1.54, 1.807) is 6.92 Å². The van der Waals surface area contributed by atoms with Gasteiger partial charge in [0, 0.05) is 16.7 Å². The largest absolute Gasteiger partial charge is 0.350 e. The second-order valence-corrected chi connectivity index (χ2v) is 7.34. The second kappa shape index (κ2) is 6.47. The first-order chi connectivity index (χ1) is 9.09. The number of carbonyl (C=O) groups is 1. The average Bonchev–Trinajstić information content (AvgIpc) is 2.31. The van der Waals surface area contributed by atoms with Crippen LogP contribution in [0, 0.1) is 5.82 Å². The molecule has 1 amide bonds. The van der Waals surface area contributed by atoms with Gasteiger partial charge < -0.3 is 5.32 Å². The lowest BCUT2D eigenvalue weighted by molar-refractivity contribution is 0.0938. The smallest absolute Gasteiger partial charge is 0.264 e. The molecular weight excluding hydrogens is 352 g/mol. The van der Waals surface area contributed by atoms with Gasteiger partial charge in [-0.1, -0.05) is 30.1 Å². The van der Waals surface area contributed by atoms with Crippen molar-refractivity contribution in [2.75, 3.05) is 0 Å². The molecule has 1 atom stereocenters. The van der Waals surface area contributed by atoms with Crippen LogP contribution in [0.2, 0.25) is 10.0 Å². The molecule has 4 nitrogen and oxygen atoms in total. The van der Waals surface area contributed by atoms with E-state index in [1.807, 2.05) is 6.92 Å². The van der Waals surface area contributed by atoms with Crippen molar-refractivity contribution in [1.29, 1.82) is 0 Å². The first-order valence-electron chi connectivity index (χ1n) is 5.52. The van der Waals surface area contributed by atoms with Crippen LogP contribution >= 0.6 is 33.9 Å². The normalized spacial score (nSPS) is 13.1. The number of nitrogens with one attached hydrogen (secondary N) is 1. The minimum Gasteiger partial charge on any atom is -0.350 e. The van der Waals surface area contributed by atoms with E-state index in [4.69, 9.17) is 33.9 Å². The Kier molecular flexibility index (Phi) is 5.66. The van der Waals surface area contributed by atoms with Crippen LogP contribution in [0.4, 0.5) is 4.39 Å². The van der Waals surface area contributed by atoms with Gasteiger partial charge in [-0.25, -0.2) is 12.8 Å². The molecule has 0 heterocycles. The van der Waals surface area contributed by atoms with Crippen molar-refractivity contribution in [2.24, 2.45) is 0 Å². The molecule has 0 spiro atoms. The zero-order chi connectivity index (χ0) is 15.7. The number of rotatable bonds is 4. The summed E-state index contributed by atoms with van der Waals surface area (Å²) in [5, 5.41) is 1.29. The third kappa shape index (κ3) is 3.75. The number of benzene rings is 1. The van der Waals surface area contributed by atoms with Crippen LogP contribution in [-0.2, 0) is 9.05 Å². The number of hydrogen-bond donors (Lipinski definition) is 1. The second-order valence-electron chi connectivity index (χ2n) is 4.08. The summed E-state index contributed by atoms with van der Waals surface area (Å²) in [6.07, 6.45) is 0.639. The lowest BCUT2D eigenvalue weighted by Gasteiger charge is -2.14. The quantitative estimate of drug-likeness (QED) is 0.657. The Morgan fingerprint density at radius 3 is 2.40 bits per heavy atom. The number of hydrogen-bond acceptors (Lipinski definition) is 3. The van der Waals surface area contributed by atoms with Crippen molar-refractivity contribution in [3.05, 3.63) is 27.5 Å². The van der Waals surface area contributed by atoms with Crippen LogP contribution < -0.4 is 5.32 Å². The molecule has 1 unspecified atom stereocenters. The number of carbonyl (C=O) groups excluding carboxylic acids is 1. The molecule has 0 aliphatic carbocycles. The molecular formula is C11H11Cl3FNO3S. The Balaban J connectivity index is 3.44. The molecule has 1 N–H and O–H groups in total. The van der Waals surface area contributed by atoms with Crippen molar-refractivity contribution in [2.45, 2.75) is 31.2 Å². The van der Waals surface area contributed by atoms with E-state index in [0.29, 0.717) is 6.42 Å². The standard InChI is InChI=1S/C11H11Cl3FNO3S/c1-3-5(2)16-11(17)6-4-7(15)9(13)10(8(6)12)20(14,18)19/h4-5H,3H2,1-2H3,(H,16,17). The summed E-state index contributed by atoms with van der Waals surface area (Å²) in [5.41, 5.74) is -0.340. The molecule has 1 aromatic carbocycles. The van der Waals surface area contributed by atoms with Crippen molar-refractivity contribution >= 4 is 48.8 Å². The molecule has 9 heteroatoms. The van der Waals surface area contributed by atoms with Crippen LogP contribution in [0.25, 0.3) is 0 Å². The number of amides is 1. The highest BCUT2D eigenvalue weighted by atomic mass is 35.7. The minimum absolute atomic E-state index is 0.187. The Bertz CT molecular complexity index is 649. The van der Waals surface area contributed by atoms with Gasteiger partial charge in [-0.3, -0.25) is 4.79 Å². The third-order valence-corrected chi connectivity index (χ3v) is 4.94. The van der Waals surface area contributed by atoms with E-state index < -0.39 is 35.7 Å². The molecule has 0 aliphatic heterocycles. The fourth-order valence-electron chi connectivity index (χ4n) is 1.36. The van der Waals surface area contributed by atoms with Crippen LogP contribution in [0.5, 0.6) is 0 Å². The molecule has 0 aromatic heterocycles. The highest BCUT2D eigenvalue weighted by Crippen LogP contribution is 2.36. The summed E-state index contributed by atoms with van der Waals surface area (Å²) in [5.74, 6) is -1.80.